The highest BCUT2D eigenvalue weighted by Gasteiger charge is 2.11. The van der Waals surface area contributed by atoms with Crippen molar-refractivity contribution in [3.05, 3.63) is 51.0 Å². The molecule has 1 aromatic carbocycles. The molecule has 0 unspecified atom stereocenters. The molecule has 0 spiro atoms. The molecule has 0 aliphatic carbocycles. The first-order valence-electron chi connectivity index (χ1n) is 6.58. The number of benzene rings is 1. The largest absolute Gasteiger partial charge is 0.310 e. The normalized spacial score (nSPS) is 11.3. The fourth-order valence-corrected chi connectivity index (χ4v) is 2.90. The highest BCUT2D eigenvalue weighted by molar-refractivity contribution is 7.11. The van der Waals surface area contributed by atoms with Crippen LogP contribution < -0.4 is 5.32 Å². The van der Waals surface area contributed by atoms with Crippen molar-refractivity contribution in [3.8, 4) is 0 Å². The van der Waals surface area contributed by atoms with Crippen molar-refractivity contribution >= 4 is 11.3 Å². The number of aryl methyl sites for hydroxylation is 1. The maximum atomic E-state index is 13.6. The van der Waals surface area contributed by atoms with Gasteiger partial charge < -0.3 is 5.32 Å². The van der Waals surface area contributed by atoms with Gasteiger partial charge in [-0.3, -0.25) is 0 Å². The molecule has 0 atom stereocenters. The maximum Gasteiger partial charge on any atom is 0.129 e. The molecule has 108 valence electrons. The third kappa shape index (κ3) is 3.84. The van der Waals surface area contributed by atoms with Gasteiger partial charge in [-0.15, -0.1) is 11.3 Å². The molecule has 2 nitrogen and oxygen atoms in total. The Kier molecular flexibility index (Phi) is 4.83. The van der Waals surface area contributed by atoms with Crippen LogP contribution in [0.15, 0.2) is 18.2 Å². The van der Waals surface area contributed by atoms with Crippen LogP contribution in [0.5, 0.6) is 0 Å². The van der Waals surface area contributed by atoms with Crippen LogP contribution in [0.3, 0.4) is 0 Å². The quantitative estimate of drug-likeness (QED) is 0.907. The molecule has 0 radical (unpaired) electrons. The molecule has 0 amide bonds. The van der Waals surface area contributed by atoms with Gasteiger partial charge in [0.1, 0.15) is 11.6 Å². The van der Waals surface area contributed by atoms with Crippen LogP contribution in [0.2, 0.25) is 0 Å². The first-order valence-corrected chi connectivity index (χ1v) is 7.40. The molecular weight excluding hydrogens is 278 g/mol. The molecule has 0 aliphatic heterocycles. The van der Waals surface area contributed by atoms with Crippen LogP contribution in [-0.4, -0.2) is 11.0 Å². The number of nitrogens with zero attached hydrogens (tertiary/aromatic N) is 1. The standard InChI is InChI=1S/C15H18F2N2S/c1-9(2)18-8-14-10(3)19-15(20-14)6-11-4-5-12(16)7-13(11)17/h4-5,7,9,18H,6,8H2,1-3H3. The summed E-state index contributed by atoms with van der Waals surface area (Å²) in [6.45, 7) is 6.90. The van der Waals surface area contributed by atoms with Crippen molar-refractivity contribution in [2.75, 3.05) is 0 Å². The van der Waals surface area contributed by atoms with Crippen LogP contribution in [0, 0.1) is 18.6 Å². The molecule has 2 rings (SSSR count). The fraction of sp³-hybridized carbons (Fsp3) is 0.400. The van der Waals surface area contributed by atoms with Crippen LogP contribution in [0.4, 0.5) is 8.78 Å². The van der Waals surface area contributed by atoms with Crippen molar-refractivity contribution in [2.45, 2.75) is 39.8 Å². The molecule has 1 aromatic heterocycles. The summed E-state index contributed by atoms with van der Waals surface area (Å²) in [6, 6.07) is 4.08. The predicted octanol–water partition coefficient (Wildman–Crippen LogP) is 3.82. The van der Waals surface area contributed by atoms with Gasteiger partial charge in [-0.2, -0.15) is 0 Å². The zero-order valence-corrected chi connectivity index (χ0v) is 12.7. The molecule has 1 heterocycles. The smallest absolute Gasteiger partial charge is 0.129 e. The summed E-state index contributed by atoms with van der Waals surface area (Å²) in [6.07, 6.45) is 0.402. The Bertz CT molecular complexity index is 594. The predicted molar refractivity (Wildman–Crippen MR) is 78.0 cm³/mol. The topological polar surface area (TPSA) is 24.9 Å². The summed E-state index contributed by atoms with van der Waals surface area (Å²) >= 11 is 1.58. The number of rotatable bonds is 5. The molecule has 0 saturated carbocycles. The SMILES string of the molecule is Cc1nc(Cc2ccc(F)cc2F)sc1CNC(C)C. The van der Waals surface area contributed by atoms with Gasteiger partial charge in [-0.1, -0.05) is 19.9 Å². The maximum absolute atomic E-state index is 13.6. The van der Waals surface area contributed by atoms with Gasteiger partial charge in [0, 0.05) is 30.0 Å². The number of thiazole rings is 1. The average molecular weight is 296 g/mol. The molecule has 2 aromatic rings. The lowest BCUT2D eigenvalue weighted by molar-refractivity contribution is 0.574. The van der Waals surface area contributed by atoms with Crippen LogP contribution in [0.25, 0.3) is 0 Å². The Labute approximate surface area is 121 Å². The van der Waals surface area contributed by atoms with Crippen molar-refractivity contribution in [1.82, 2.24) is 10.3 Å². The molecule has 0 saturated heterocycles. The Hall–Kier alpha value is -1.33. The van der Waals surface area contributed by atoms with Crippen LogP contribution in [0.1, 0.15) is 35.0 Å². The lowest BCUT2D eigenvalue weighted by Gasteiger charge is -2.05. The highest BCUT2D eigenvalue weighted by Crippen LogP contribution is 2.22. The number of hydrogen-bond donors (Lipinski definition) is 1. The second kappa shape index (κ2) is 6.41. The lowest BCUT2D eigenvalue weighted by Crippen LogP contribution is -2.21. The van der Waals surface area contributed by atoms with Crippen molar-refractivity contribution < 1.29 is 8.78 Å². The summed E-state index contributed by atoms with van der Waals surface area (Å²) < 4.78 is 26.5. The Morgan fingerprint density at radius 2 is 2.05 bits per heavy atom. The molecule has 0 aliphatic rings. The molecule has 1 N–H and O–H groups in total. The number of nitrogens with one attached hydrogen (secondary N) is 1. The summed E-state index contributed by atoms with van der Waals surface area (Å²) in [5.74, 6) is -1.07. The zero-order valence-electron chi connectivity index (χ0n) is 11.8. The number of aromatic nitrogens is 1. The van der Waals surface area contributed by atoms with E-state index in [1.54, 1.807) is 11.3 Å². The van der Waals surface area contributed by atoms with E-state index < -0.39 is 11.6 Å². The molecule has 0 bridgehead atoms. The first kappa shape index (κ1) is 15.1. The summed E-state index contributed by atoms with van der Waals surface area (Å²) in [7, 11) is 0. The van der Waals surface area contributed by atoms with Crippen LogP contribution >= 0.6 is 11.3 Å². The number of hydrogen-bond acceptors (Lipinski definition) is 3. The minimum absolute atomic E-state index is 0.402. The van der Waals surface area contributed by atoms with E-state index in [1.165, 1.54) is 12.1 Å². The second-order valence-corrected chi connectivity index (χ2v) is 6.23. The van der Waals surface area contributed by atoms with Gasteiger partial charge in [0.25, 0.3) is 0 Å². The minimum atomic E-state index is -0.552. The summed E-state index contributed by atoms with van der Waals surface area (Å²) in [4.78, 5) is 5.63. The van der Waals surface area contributed by atoms with E-state index in [0.717, 1.165) is 28.2 Å². The van der Waals surface area contributed by atoms with Gasteiger partial charge in [0.05, 0.1) is 10.7 Å². The highest BCUT2D eigenvalue weighted by atomic mass is 32.1. The van der Waals surface area contributed by atoms with Crippen molar-refractivity contribution in [1.29, 1.82) is 0 Å². The van der Waals surface area contributed by atoms with Crippen molar-refractivity contribution in [2.24, 2.45) is 0 Å². The van der Waals surface area contributed by atoms with E-state index in [-0.39, 0.29) is 0 Å². The minimum Gasteiger partial charge on any atom is -0.310 e. The Morgan fingerprint density at radius 3 is 2.70 bits per heavy atom. The lowest BCUT2D eigenvalue weighted by atomic mass is 10.1. The van der Waals surface area contributed by atoms with E-state index in [4.69, 9.17) is 0 Å². The third-order valence-electron chi connectivity index (χ3n) is 2.96. The van der Waals surface area contributed by atoms with Crippen LogP contribution in [-0.2, 0) is 13.0 Å². The third-order valence-corrected chi connectivity index (χ3v) is 4.12. The summed E-state index contributed by atoms with van der Waals surface area (Å²) in [5.41, 5.74) is 1.45. The molecule has 20 heavy (non-hydrogen) atoms. The van der Waals surface area contributed by atoms with Gasteiger partial charge in [0.15, 0.2) is 0 Å². The van der Waals surface area contributed by atoms with E-state index in [0.29, 0.717) is 18.0 Å². The van der Waals surface area contributed by atoms with Crippen molar-refractivity contribution in [3.63, 3.8) is 0 Å². The Morgan fingerprint density at radius 1 is 1.30 bits per heavy atom. The van der Waals surface area contributed by atoms with Gasteiger partial charge in [0.2, 0.25) is 0 Å². The van der Waals surface area contributed by atoms with E-state index in [9.17, 15) is 8.78 Å². The van der Waals surface area contributed by atoms with E-state index in [1.807, 2.05) is 6.92 Å². The second-order valence-electron chi connectivity index (χ2n) is 5.06. The summed E-state index contributed by atoms with van der Waals surface area (Å²) in [5, 5.41) is 4.20. The zero-order chi connectivity index (χ0) is 14.7. The molecule has 5 heteroatoms. The number of halogens is 2. The van der Waals surface area contributed by atoms with E-state index in [2.05, 4.69) is 24.1 Å². The van der Waals surface area contributed by atoms with Gasteiger partial charge in [-0.05, 0) is 18.6 Å². The Balaban J connectivity index is 2.12. The molecule has 0 fully saturated rings. The monoisotopic (exact) mass is 296 g/mol. The molecular formula is C15H18F2N2S. The fourth-order valence-electron chi connectivity index (χ4n) is 1.85. The first-order chi connectivity index (χ1) is 9.45. The van der Waals surface area contributed by atoms with E-state index >= 15 is 0 Å². The van der Waals surface area contributed by atoms with Gasteiger partial charge in [-0.25, -0.2) is 13.8 Å². The van der Waals surface area contributed by atoms with Gasteiger partial charge >= 0.3 is 0 Å². The average Bonchev–Trinajstić information content (AvgIpc) is 2.71.